The van der Waals surface area contributed by atoms with Crippen molar-refractivity contribution >= 4 is 40.7 Å². The maximum Gasteiger partial charge on any atom is 0.260 e. The van der Waals surface area contributed by atoms with E-state index in [0.29, 0.717) is 35.6 Å². The fraction of sp³-hybridized carbons (Fsp3) is 0.500. The van der Waals surface area contributed by atoms with E-state index in [1.807, 2.05) is 43.0 Å². The molecule has 3 rings (SSSR count). The summed E-state index contributed by atoms with van der Waals surface area (Å²) in [6.45, 7) is 6.23. The van der Waals surface area contributed by atoms with Crippen LogP contribution in [0.3, 0.4) is 0 Å². The van der Waals surface area contributed by atoms with Crippen molar-refractivity contribution < 1.29 is 19.1 Å². The molecule has 1 aromatic rings. The van der Waals surface area contributed by atoms with Crippen LogP contribution < -0.4 is 10.5 Å². The molecule has 172 valence electrons. The largest absolute Gasteiger partial charge is 0.494 e. The van der Waals surface area contributed by atoms with Crippen molar-refractivity contribution in [2.24, 2.45) is 16.6 Å². The van der Waals surface area contributed by atoms with Crippen LogP contribution in [0.15, 0.2) is 41.2 Å². The number of ether oxygens (including phenoxy) is 2. The van der Waals surface area contributed by atoms with Gasteiger partial charge in [-0.15, -0.1) is 0 Å². The molecule has 9 heteroatoms. The number of rotatable bonds is 7. The lowest BCUT2D eigenvalue weighted by Crippen LogP contribution is -2.32. The molecule has 31 heavy (non-hydrogen) atoms. The number of halogens is 2. The topological polar surface area (TPSA) is 94.2 Å². The zero-order valence-electron chi connectivity index (χ0n) is 18.1. The molecule has 2 aliphatic heterocycles. The first-order valence-electron chi connectivity index (χ1n) is 10.4. The molecule has 1 saturated heterocycles. The number of amides is 2. The summed E-state index contributed by atoms with van der Waals surface area (Å²) in [5.41, 5.74) is 4.17. The highest BCUT2D eigenvalue weighted by Crippen LogP contribution is 2.22. The van der Waals surface area contributed by atoms with Crippen LogP contribution in [-0.4, -0.2) is 48.7 Å². The van der Waals surface area contributed by atoms with Crippen molar-refractivity contribution in [3.63, 3.8) is 0 Å². The molecule has 1 fully saturated rings. The van der Waals surface area contributed by atoms with E-state index in [4.69, 9.17) is 37.5 Å². The second kappa shape index (κ2) is 15.5. The van der Waals surface area contributed by atoms with Gasteiger partial charge in [-0.1, -0.05) is 37.0 Å². The average Bonchev–Trinajstić information content (AvgIpc) is 3.26. The van der Waals surface area contributed by atoms with E-state index in [1.54, 1.807) is 6.20 Å². The number of likely N-dealkylation sites (tertiary alicyclic amines) is 1. The molecule has 1 unspecified atom stereocenters. The van der Waals surface area contributed by atoms with Gasteiger partial charge in [0.1, 0.15) is 16.7 Å². The van der Waals surface area contributed by atoms with E-state index in [-0.39, 0.29) is 18.9 Å². The number of allylic oxidation sites excluding steroid dienone is 1. The van der Waals surface area contributed by atoms with Gasteiger partial charge in [0.2, 0.25) is 6.41 Å². The SMILES string of the molecule is CC.NC=O.O=C(COC1=CN=C(Cl)CC1)N1CCC(CCOc2ccc(Cl)cc2)C1. The van der Waals surface area contributed by atoms with Crippen molar-refractivity contribution in [2.45, 2.75) is 39.5 Å². The average molecular weight is 472 g/mol. The Morgan fingerprint density at radius 2 is 1.90 bits per heavy atom. The third kappa shape index (κ3) is 10.6. The Morgan fingerprint density at radius 1 is 1.23 bits per heavy atom. The summed E-state index contributed by atoms with van der Waals surface area (Å²) in [4.78, 5) is 26.8. The fourth-order valence-corrected chi connectivity index (χ4v) is 3.29. The minimum Gasteiger partial charge on any atom is -0.494 e. The van der Waals surface area contributed by atoms with Gasteiger partial charge in [-0.25, -0.2) is 4.99 Å². The molecule has 1 atom stereocenters. The summed E-state index contributed by atoms with van der Waals surface area (Å²) in [6, 6.07) is 7.35. The highest BCUT2D eigenvalue weighted by Gasteiger charge is 2.26. The first-order valence-corrected chi connectivity index (χ1v) is 11.1. The van der Waals surface area contributed by atoms with Crippen LogP contribution in [0.4, 0.5) is 0 Å². The van der Waals surface area contributed by atoms with Gasteiger partial charge < -0.3 is 20.1 Å². The Balaban J connectivity index is 0.000000884. The number of hydrogen-bond donors (Lipinski definition) is 1. The molecular weight excluding hydrogens is 441 g/mol. The van der Waals surface area contributed by atoms with Gasteiger partial charge in [0.15, 0.2) is 6.61 Å². The number of aliphatic imine (C=N–C) groups is 1. The predicted octanol–water partition coefficient (Wildman–Crippen LogP) is 4.37. The molecule has 0 saturated carbocycles. The molecule has 0 aromatic heterocycles. The van der Waals surface area contributed by atoms with Crippen LogP contribution in [0.5, 0.6) is 5.75 Å². The normalized spacial score (nSPS) is 17.2. The monoisotopic (exact) mass is 471 g/mol. The molecule has 2 heterocycles. The van der Waals surface area contributed by atoms with Crippen LogP contribution in [0.2, 0.25) is 5.02 Å². The molecule has 0 bridgehead atoms. The first kappa shape index (κ1) is 26.8. The molecule has 2 amide bonds. The predicted molar refractivity (Wildman–Crippen MR) is 124 cm³/mol. The summed E-state index contributed by atoms with van der Waals surface area (Å²) in [5.74, 6) is 2.02. The van der Waals surface area contributed by atoms with Gasteiger partial charge >= 0.3 is 0 Å². The number of hydrogen-bond acceptors (Lipinski definition) is 5. The van der Waals surface area contributed by atoms with E-state index in [1.165, 1.54) is 0 Å². The molecule has 2 aliphatic rings. The van der Waals surface area contributed by atoms with E-state index < -0.39 is 0 Å². The van der Waals surface area contributed by atoms with Gasteiger partial charge in [0.25, 0.3) is 5.91 Å². The minimum absolute atomic E-state index is 0.0210. The van der Waals surface area contributed by atoms with Gasteiger partial charge in [0, 0.05) is 31.0 Å². The van der Waals surface area contributed by atoms with Crippen molar-refractivity contribution in [1.29, 1.82) is 0 Å². The second-order valence-corrected chi connectivity index (χ2v) is 7.48. The number of nitrogens with two attached hydrogens (primary N) is 1. The highest BCUT2D eigenvalue weighted by molar-refractivity contribution is 6.65. The molecule has 7 nitrogen and oxygen atoms in total. The molecule has 0 spiro atoms. The second-order valence-electron chi connectivity index (χ2n) is 6.61. The number of benzene rings is 1. The van der Waals surface area contributed by atoms with Crippen molar-refractivity contribution in [2.75, 3.05) is 26.3 Å². The van der Waals surface area contributed by atoms with E-state index in [0.717, 1.165) is 37.4 Å². The van der Waals surface area contributed by atoms with E-state index >= 15 is 0 Å². The summed E-state index contributed by atoms with van der Waals surface area (Å²) in [6.07, 6.45) is 5.13. The Kier molecular flexibility index (Phi) is 13.4. The van der Waals surface area contributed by atoms with Crippen LogP contribution in [0, 0.1) is 5.92 Å². The third-order valence-corrected chi connectivity index (χ3v) is 5.09. The number of carbonyl (C=O) groups excluding carboxylic acids is 2. The Bertz CT molecular complexity index is 739. The number of carbonyl (C=O) groups is 2. The number of primary amides is 1. The van der Waals surface area contributed by atoms with Crippen LogP contribution in [-0.2, 0) is 14.3 Å². The maximum absolute atomic E-state index is 12.3. The Hall–Kier alpha value is -2.25. The van der Waals surface area contributed by atoms with Crippen LogP contribution >= 0.6 is 23.2 Å². The lowest BCUT2D eigenvalue weighted by Gasteiger charge is -2.18. The Morgan fingerprint density at radius 3 is 2.52 bits per heavy atom. The molecular formula is C22H31Cl2N3O4. The lowest BCUT2D eigenvalue weighted by atomic mass is 10.1. The number of nitrogens with zero attached hydrogens (tertiary/aromatic N) is 2. The van der Waals surface area contributed by atoms with Gasteiger partial charge in [-0.2, -0.15) is 0 Å². The fourth-order valence-electron chi connectivity index (χ4n) is 3.02. The van der Waals surface area contributed by atoms with Crippen molar-refractivity contribution in [3.8, 4) is 5.75 Å². The van der Waals surface area contributed by atoms with Gasteiger partial charge in [-0.05, 0) is 43.0 Å². The maximum atomic E-state index is 12.3. The molecule has 0 radical (unpaired) electrons. The summed E-state index contributed by atoms with van der Waals surface area (Å²) >= 11 is 11.7. The Labute approximate surface area is 194 Å². The van der Waals surface area contributed by atoms with Gasteiger partial charge in [0.05, 0.1) is 12.8 Å². The summed E-state index contributed by atoms with van der Waals surface area (Å²) in [7, 11) is 0. The van der Waals surface area contributed by atoms with Gasteiger partial charge in [-0.3, -0.25) is 9.59 Å². The van der Waals surface area contributed by atoms with E-state index in [2.05, 4.69) is 10.7 Å². The van der Waals surface area contributed by atoms with Crippen LogP contribution in [0.25, 0.3) is 0 Å². The minimum atomic E-state index is 0.0210. The van der Waals surface area contributed by atoms with Crippen molar-refractivity contribution in [1.82, 2.24) is 4.90 Å². The third-order valence-electron chi connectivity index (χ3n) is 4.55. The zero-order valence-corrected chi connectivity index (χ0v) is 19.6. The summed E-state index contributed by atoms with van der Waals surface area (Å²) in [5, 5.41) is 1.27. The first-order chi connectivity index (χ1) is 15.0. The van der Waals surface area contributed by atoms with Crippen LogP contribution in [0.1, 0.15) is 39.5 Å². The van der Waals surface area contributed by atoms with E-state index in [9.17, 15) is 4.79 Å². The molecule has 1 aromatic carbocycles. The quantitative estimate of drug-likeness (QED) is 0.596. The highest BCUT2D eigenvalue weighted by atomic mass is 35.5. The molecule has 2 N–H and O–H groups in total. The standard InChI is InChI=1S/C19H22Cl2N2O3.C2H6.CH3NO/c20-15-1-3-16(4-2-15)25-10-8-14-7-9-23(12-14)19(24)13-26-17-5-6-18(21)22-11-17;1-2;2-1-3/h1-4,11,14H,5-10,12-13H2;1-2H3;1H,(H2,2,3). The summed E-state index contributed by atoms with van der Waals surface area (Å²) < 4.78 is 11.3. The lowest BCUT2D eigenvalue weighted by molar-refractivity contribution is -0.134. The smallest absolute Gasteiger partial charge is 0.260 e. The zero-order chi connectivity index (χ0) is 23.1. The molecule has 0 aliphatic carbocycles. The van der Waals surface area contributed by atoms with Crippen molar-refractivity contribution in [3.05, 3.63) is 41.2 Å².